The van der Waals surface area contributed by atoms with Crippen LogP contribution in [-0.4, -0.2) is 20.9 Å². The van der Waals surface area contributed by atoms with E-state index in [0.717, 1.165) is 0 Å². The van der Waals surface area contributed by atoms with Crippen LogP contribution in [-0.2, 0) is 0 Å². The fraction of sp³-hybridized carbons (Fsp3) is 0.0909. The number of aryl methyl sites for hydroxylation is 1. The van der Waals surface area contributed by atoms with Crippen LogP contribution in [0.4, 0.5) is 5.95 Å². The summed E-state index contributed by atoms with van der Waals surface area (Å²) < 4.78 is 0. The van der Waals surface area contributed by atoms with Gasteiger partial charge in [0.15, 0.2) is 0 Å². The lowest BCUT2D eigenvalue weighted by atomic mass is 10.2. The largest absolute Gasteiger partial charge is 0.290 e. The van der Waals surface area contributed by atoms with E-state index in [2.05, 4.69) is 20.3 Å². The molecule has 5 heteroatoms. The van der Waals surface area contributed by atoms with Gasteiger partial charge in [-0.1, -0.05) is 18.2 Å². The first kappa shape index (κ1) is 10.2. The van der Waals surface area contributed by atoms with Gasteiger partial charge in [-0.05, 0) is 19.1 Å². The molecule has 0 fully saturated rings. The van der Waals surface area contributed by atoms with Crippen molar-refractivity contribution in [2.45, 2.75) is 6.92 Å². The van der Waals surface area contributed by atoms with Gasteiger partial charge in [0.05, 0.1) is 0 Å². The molecular weight excluding hydrogens is 204 g/mol. The predicted molar refractivity (Wildman–Crippen MR) is 59.0 cm³/mol. The summed E-state index contributed by atoms with van der Waals surface area (Å²) in [6.45, 7) is 1.74. The summed E-state index contributed by atoms with van der Waals surface area (Å²) in [4.78, 5) is 23.4. The molecule has 0 aliphatic rings. The Labute approximate surface area is 92.6 Å². The Bertz CT molecular complexity index is 498. The molecule has 80 valence electrons. The molecule has 5 nitrogen and oxygen atoms in total. The number of aromatic nitrogens is 3. The van der Waals surface area contributed by atoms with E-state index in [-0.39, 0.29) is 11.9 Å². The van der Waals surface area contributed by atoms with Crippen LogP contribution < -0.4 is 5.32 Å². The molecule has 1 aromatic carbocycles. The maximum Gasteiger partial charge on any atom is 0.258 e. The first-order valence-corrected chi connectivity index (χ1v) is 4.78. The second-order valence-corrected chi connectivity index (χ2v) is 3.18. The average molecular weight is 214 g/mol. The lowest BCUT2D eigenvalue weighted by Gasteiger charge is -2.02. The van der Waals surface area contributed by atoms with E-state index in [9.17, 15) is 4.79 Å². The van der Waals surface area contributed by atoms with Crippen LogP contribution in [0.5, 0.6) is 0 Å². The van der Waals surface area contributed by atoms with Crippen molar-refractivity contribution in [2.24, 2.45) is 0 Å². The normalized spacial score (nSPS) is 9.81. The third-order valence-corrected chi connectivity index (χ3v) is 1.95. The van der Waals surface area contributed by atoms with Crippen molar-refractivity contribution in [3.8, 4) is 0 Å². The van der Waals surface area contributed by atoms with Gasteiger partial charge in [-0.2, -0.15) is 4.98 Å². The molecule has 1 N–H and O–H groups in total. The summed E-state index contributed by atoms with van der Waals surface area (Å²) in [6, 6.07) is 8.90. The van der Waals surface area contributed by atoms with E-state index in [1.807, 2.05) is 6.07 Å². The number of hydrogen-bond donors (Lipinski definition) is 1. The molecule has 1 aromatic heterocycles. The Morgan fingerprint density at radius 3 is 2.62 bits per heavy atom. The molecule has 0 radical (unpaired) electrons. The van der Waals surface area contributed by atoms with E-state index in [4.69, 9.17) is 0 Å². The maximum atomic E-state index is 11.7. The molecule has 2 rings (SSSR count). The lowest BCUT2D eigenvalue weighted by molar-refractivity contribution is 0.102. The molecule has 0 spiro atoms. The van der Waals surface area contributed by atoms with Crippen molar-refractivity contribution in [1.29, 1.82) is 0 Å². The average Bonchev–Trinajstić information content (AvgIpc) is 2.30. The second-order valence-electron chi connectivity index (χ2n) is 3.18. The number of nitrogens with zero attached hydrogens (tertiary/aromatic N) is 3. The van der Waals surface area contributed by atoms with Crippen molar-refractivity contribution in [3.05, 3.63) is 48.0 Å². The highest BCUT2D eigenvalue weighted by atomic mass is 16.1. The lowest BCUT2D eigenvalue weighted by Crippen LogP contribution is -2.14. The summed E-state index contributed by atoms with van der Waals surface area (Å²) in [5.74, 6) is 0.603. The van der Waals surface area contributed by atoms with E-state index in [1.165, 1.54) is 6.33 Å². The number of benzene rings is 1. The van der Waals surface area contributed by atoms with Crippen molar-refractivity contribution in [3.63, 3.8) is 0 Å². The van der Waals surface area contributed by atoms with Crippen molar-refractivity contribution in [1.82, 2.24) is 15.0 Å². The van der Waals surface area contributed by atoms with Crippen LogP contribution in [0.1, 0.15) is 16.2 Å². The fourth-order valence-electron chi connectivity index (χ4n) is 1.20. The molecule has 16 heavy (non-hydrogen) atoms. The summed E-state index contributed by atoms with van der Waals surface area (Å²) in [6.07, 6.45) is 1.36. The number of anilines is 1. The minimum atomic E-state index is -0.230. The van der Waals surface area contributed by atoms with E-state index < -0.39 is 0 Å². The number of amides is 1. The van der Waals surface area contributed by atoms with Gasteiger partial charge in [0.2, 0.25) is 5.95 Å². The molecule has 1 heterocycles. The highest BCUT2D eigenvalue weighted by Crippen LogP contribution is 2.03. The van der Waals surface area contributed by atoms with Gasteiger partial charge < -0.3 is 0 Å². The summed E-state index contributed by atoms with van der Waals surface area (Å²) in [5.41, 5.74) is 0.570. The topological polar surface area (TPSA) is 67.8 Å². The Balaban J connectivity index is 2.14. The van der Waals surface area contributed by atoms with Gasteiger partial charge in [0.25, 0.3) is 5.91 Å². The van der Waals surface area contributed by atoms with Gasteiger partial charge >= 0.3 is 0 Å². The van der Waals surface area contributed by atoms with Gasteiger partial charge in [0.1, 0.15) is 12.2 Å². The highest BCUT2D eigenvalue weighted by Gasteiger charge is 2.06. The molecule has 0 aliphatic heterocycles. The van der Waals surface area contributed by atoms with E-state index >= 15 is 0 Å². The summed E-state index contributed by atoms with van der Waals surface area (Å²) >= 11 is 0. The molecule has 0 bridgehead atoms. The predicted octanol–water partition coefficient (Wildman–Crippen LogP) is 1.43. The Morgan fingerprint density at radius 1 is 1.19 bits per heavy atom. The molecule has 0 saturated carbocycles. The highest BCUT2D eigenvalue weighted by molar-refractivity contribution is 6.03. The smallest absolute Gasteiger partial charge is 0.258 e. The van der Waals surface area contributed by atoms with Crippen LogP contribution in [0.15, 0.2) is 36.7 Å². The van der Waals surface area contributed by atoms with Gasteiger partial charge in [-0.25, -0.2) is 9.97 Å². The number of carbonyl (C=O) groups excluding carboxylic acids is 1. The van der Waals surface area contributed by atoms with Crippen molar-refractivity contribution >= 4 is 11.9 Å². The van der Waals surface area contributed by atoms with Crippen molar-refractivity contribution in [2.75, 3.05) is 5.32 Å². The standard InChI is InChI=1S/C11H10N4O/c1-8-12-7-13-11(14-8)15-10(16)9-5-3-2-4-6-9/h2-7H,1H3,(H,12,13,14,15,16). The quantitative estimate of drug-likeness (QED) is 0.821. The zero-order chi connectivity index (χ0) is 11.4. The van der Waals surface area contributed by atoms with Crippen LogP contribution in [0.25, 0.3) is 0 Å². The Kier molecular flexibility index (Phi) is 2.86. The maximum absolute atomic E-state index is 11.7. The molecular formula is C11H10N4O. The molecule has 0 aliphatic carbocycles. The molecule has 0 saturated heterocycles. The van der Waals surface area contributed by atoms with Gasteiger partial charge in [-0.3, -0.25) is 10.1 Å². The Hall–Kier alpha value is -2.30. The van der Waals surface area contributed by atoms with Crippen LogP contribution in [0, 0.1) is 6.92 Å². The third-order valence-electron chi connectivity index (χ3n) is 1.95. The SMILES string of the molecule is Cc1ncnc(NC(=O)c2ccccc2)n1. The van der Waals surface area contributed by atoms with Crippen molar-refractivity contribution < 1.29 is 4.79 Å². The fourth-order valence-corrected chi connectivity index (χ4v) is 1.20. The monoisotopic (exact) mass is 214 g/mol. The molecule has 2 aromatic rings. The Morgan fingerprint density at radius 2 is 1.94 bits per heavy atom. The first-order valence-electron chi connectivity index (χ1n) is 4.78. The van der Waals surface area contributed by atoms with E-state index in [0.29, 0.717) is 11.4 Å². The van der Waals surface area contributed by atoms with E-state index in [1.54, 1.807) is 31.2 Å². The van der Waals surface area contributed by atoms with Crippen LogP contribution >= 0.6 is 0 Å². The number of nitrogens with one attached hydrogen (secondary N) is 1. The number of carbonyl (C=O) groups is 1. The minimum Gasteiger partial charge on any atom is -0.290 e. The molecule has 1 amide bonds. The summed E-state index contributed by atoms with van der Waals surface area (Å²) in [5, 5.41) is 2.60. The first-order chi connectivity index (χ1) is 7.75. The van der Waals surface area contributed by atoms with Gasteiger partial charge in [0, 0.05) is 5.56 Å². The number of hydrogen-bond acceptors (Lipinski definition) is 4. The third kappa shape index (κ3) is 2.38. The minimum absolute atomic E-state index is 0.230. The zero-order valence-electron chi connectivity index (χ0n) is 8.71. The van der Waals surface area contributed by atoms with Crippen LogP contribution in [0.3, 0.4) is 0 Å². The molecule has 0 unspecified atom stereocenters. The second kappa shape index (κ2) is 4.48. The zero-order valence-corrected chi connectivity index (χ0v) is 8.71. The molecule has 0 atom stereocenters. The number of rotatable bonds is 2. The van der Waals surface area contributed by atoms with Crippen LogP contribution in [0.2, 0.25) is 0 Å². The summed E-state index contributed by atoms with van der Waals surface area (Å²) in [7, 11) is 0. The van der Waals surface area contributed by atoms with Gasteiger partial charge in [-0.15, -0.1) is 0 Å².